The molecule has 3 aromatic carbocycles. The summed E-state index contributed by atoms with van der Waals surface area (Å²) >= 11 is 5.89. The van der Waals surface area contributed by atoms with Crippen molar-refractivity contribution in [1.82, 2.24) is 19.8 Å². The van der Waals surface area contributed by atoms with Crippen LogP contribution in [0.4, 0.5) is 5.69 Å². The molecule has 0 saturated carbocycles. The van der Waals surface area contributed by atoms with Gasteiger partial charge in [0.1, 0.15) is 0 Å². The Morgan fingerprint density at radius 2 is 1.65 bits per heavy atom. The lowest BCUT2D eigenvalue weighted by atomic mass is 10.0. The molecule has 5 aromatic rings. The van der Waals surface area contributed by atoms with Crippen LogP contribution in [0, 0.1) is 0 Å². The summed E-state index contributed by atoms with van der Waals surface area (Å²) in [5, 5.41) is 10.3. The van der Waals surface area contributed by atoms with Gasteiger partial charge < -0.3 is 20.1 Å². The number of hydrogen-bond acceptors (Lipinski definition) is 3. The number of rotatable bonds is 8. The molecular formula is C31H29N5S. The van der Waals surface area contributed by atoms with Crippen molar-refractivity contribution in [1.29, 1.82) is 0 Å². The summed E-state index contributed by atoms with van der Waals surface area (Å²) in [5.74, 6) is 0. The maximum atomic E-state index is 5.89. The molecule has 0 amide bonds. The van der Waals surface area contributed by atoms with Gasteiger partial charge in [-0.3, -0.25) is 4.98 Å². The first kappa shape index (κ1) is 23.3. The SMILES string of the molecule is S=C1N[C@H](c2ccccn2)[C@@H](c2cccn2-c2ccc3ccccc3c2)N1CCCNc1ccccc1. The molecule has 1 saturated heterocycles. The highest BCUT2D eigenvalue weighted by atomic mass is 32.1. The number of hydrogen-bond donors (Lipinski definition) is 2. The summed E-state index contributed by atoms with van der Waals surface area (Å²) in [6.07, 6.45) is 4.95. The number of benzene rings is 3. The summed E-state index contributed by atoms with van der Waals surface area (Å²) in [6.45, 7) is 1.71. The van der Waals surface area contributed by atoms with E-state index < -0.39 is 0 Å². The second-order valence-corrected chi connectivity index (χ2v) is 9.69. The van der Waals surface area contributed by atoms with Gasteiger partial charge in [-0.05, 0) is 77.9 Å². The lowest BCUT2D eigenvalue weighted by Crippen LogP contribution is -2.32. The third-order valence-electron chi connectivity index (χ3n) is 6.97. The molecule has 5 nitrogen and oxygen atoms in total. The molecule has 3 heterocycles. The number of thiocarbonyl (C=S) groups is 1. The van der Waals surface area contributed by atoms with Gasteiger partial charge in [0.25, 0.3) is 0 Å². The summed E-state index contributed by atoms with van der Waals surface area (Å²) in [4.78, 5) is 7.03. The van der Waals surface area contributed by atoms with E-state index in [0.29, 0.717) is 0 Å². The van der Waals surface area contributed by atoms with E-state index in [-0.39, 0.29) is 12.1 Å². The molecule has 2 aromatic heterocycles. The van der Waals surface area contributed by atoms with Crippen molar-refractivity contribution in [2.75, 3.05) is 18.4 Å². The molecular weight excluding hydrogens is 474 g/mol. The van der Waals surface area contributed by atoms with Crippen LogP contribution in [0.2, 0.25) is 0 Å². The minimum absolute atomic E-state index is 0.0144. The van der Waals surface area contributed by atoms with Gasteiger partial charge in [-0.1, -0.05) is 54.6 Å². The van der Waals surface area contributed by atoms with E-state index in [0.717, 1.165) is 41.7 Å². The zero-order chi connectivity index (χ0) is 25.0. The lowest BCUT2D eigenvalue weighted by Gasteiger charge is -2.29. The van der Waals surface area contributed by atoms with Crippen LogP contribution in [0.5, 0.6) is 0 Å². The monoisotopic (exact) mass is 503 g/mol. The van der Waals surface area contributed by atoms with E-state index in [1.807, 2.05) is 24.4 Å². The Kier molecular flexibility index (Phi) is 6.57. The van der Waals surface area contributed by atoms with Crippen molar-refractivity contribution in [3.8, 4) is 5.69 Å². The fourth-order valence-corrected chi connectivity index (χ4v) is 5.53. The number of nitrogens with one attached hydrogen (secondary N) is 2. The molecule has 0 spiro atoms. The normalized spacial score (nSPS) is 17.2. The lowest BCUT2D eigenvalue weighted by molar-refractivity contribution is 0.307. The number of nitrogens with zero attached hydrogens (tertiary/aromatic N) is 3. The zero-order valence-corrected chi connectivity index (χ0v) is 21.3. The Hall–Kier alpha value is -4.16. The smallest absolute Gasteiger partial charge is 0.170 e. The first-order chi connectivity index (χ1) is 18.3. The summed E-state index contributed by atoms with van der Waals surface area (Å²) < 4.78 is 2.29. The number of fused-ring (bicyclic) bond motifs is 1. The van der Waals surface area contributed by atoms with Gasteiger partial charge in [-0.2, -0.15) is 0 Å². The largest absolute Gasteiger partial charge is 0.385 e. The highest BCUT2D eigenvalue weighted by molar-refractivity contribution is 7.80. The van der Waals surface area contributed by atoms with Crippen LogP contribution in [0.15, 0.2) is 116 Å². The van der Waals surface area contributed by atoms with Crippen LogP contribution in [0.25, 0.3) is 16.5 Å². The van der Waals surface area contributed by atoms with Crippen LogP contribution in [-0.4, -0.2) is 32.7 Å². The van der Waals surface area contributed by atoms with Gasteiger partial charge in [-0.15, -0.1) is 0 Å². The molecule has 2 atom stereocenters. The number of para-hydroxylation sites is 1. The molecule has 2 N–H and O–H groups in total. The maximum Gasteiger partial charge on any atom is 0.170 e. The van der Waals surface area contributed by atoms with Crippen LogP contribution in [0.1, 0.15) is 29.9 Å². The molecule has 1 aliphatic heterocycles. The quantitative estimate of drug-likeness (QED) is 0.187. The molecule has 6 rings (SSSR count). The minimum Gasteiger partial charge on any atom is -0.385 e. The Morgan fingerprint density at radius 3 is 2.49 bits per heavy atom. The molecule has 0 bridgehead atoms. The third kappa shape index (κ3) is 4.80. The van der Waals surface area contributed by atoms with Crippen molar-refractivity contribution in [3.63, 3.8) is 0 Å². The van der Waals surface area contributed by atoms with Crippen LogP contribution < -0.4 is 10.6 Å². The van der Waals surface area contributed by atoms with Crippen molar-refractivity contribution in [3.05, 3.63) is 127 Å². The summed E-state index contributed by atoms with van der Waals surface area (Å²) in [7, 11) is 0. The van der Waals surface area contributed by atoms with Crippen molar-refractivity contribution < 1.29 is 0 Å². The van der Waals surface area contributed by atoms with E-state index in [1.54, 1.807) is 0 Å². The topological polar surface area (TPSA) is 45.1 Å². The maximum absolute atomic E-state index is 5.89. The molecule has 184 valence electrons. The van der Waals surface area contributed by atoms with E-state index in [2.05, 4.69) is 111 Å². The second kappa shape index (κ2) is 10.4. The fourth-order valence-electron chi connectivity index (χ4n) is 5.20. The van der Waals surface area contributed by atoms with Crippen molar-refractivity contribution >= 4 is 33.8 Å². The van der Waals surface area contributed by atoms with E-state index in [4.69, 9.17) is 17.2 Å². The van der Waals surface area contributed by atoms with Crippen molar-refractivity contribution in [2.45, 2.75) is 18.5 Å². The average Bonchev–Trinajstić information content (AvgIpc) is 3.56. The van der Waals surface area contributed by atoms with Gasteiger partial charge >= 0.3 is 0 Å². The minimum atomic E-state index is -0.0371. The van der Waals surface area contributed by atoms with Crippen molar-refractivity contribution in [2.24, 2.45) is 0 Å². The third-order valence-corrected chi connectivity index (χ3v) is 7.32. The Balaban J connectivity index is 1.31. The Bertz CT molecular complexity index is 1500. The molecule has 6 heteroatoms. The predicted molar refractivity (Wildman–Crippen MR) is 155 cm³/mol. The van der Waals surface area contributed by atoms with Crippen LogP contribution in [0.3, 0.4) is 0 Å². The first-order valence-electron chi connectivity index (χ1n) is 12.7. The standard InChI is InChI=1S/C31H29N5S/c37-31-34-29(27-14-6-7-18-33-27)30(36(31)21-9-19-32-25-12-2-1-3-13-25)28-15-8-20-35(28)26-17-16-23-10-4-5-11-24(23)22-26/h1-8,10-18,20,22,29-30,32H,9,19,21H2,(H,34,37)/t29-,30-/m1/s1. The summed E-state index contributed by atoms with van der Waals surface area (Å²) in [6, 6.07) is 35.8. The van der Waals surface area contributed by atoms with E-state index in [1.165, 1.54) is 16.5 Å². The highest BCUT2D eigenvalue weighted by Crippen LogP contribution is 2.39. The molecule has 1 aliphatic rings. The second-order valence-electron chi connectivity index (χ2n) is 9.30. The molecule has 1 fully saturated rings. The van der Waals surface area contributed by atoms with Gasteiger partial charge in [0, 0.05) is 42.6 Å². The number of aromatic nitrogens is 2. The average molecular weight is 504 g/mol. The van der Waals surface area contributed by atoms with Gasteiger partial charge in [0.05, 0.1) is 17.8 Å². The number of pyridine rings is 1. The van der Waals surface area contributed by atoms with Gasteiger partial charge in [0.15, 0.2) is 5.11 Å². The highest BCUT2D eigenvalue weighted by Gasteiger charge is 2.40. The number of anilines is 1. The Labute approximate surface area is 222 Å². The fraction of sp³-hybridized carbons (Fsp3) is 0.161. The first-order valence-corrected chi connectivity index (χ1v) is 13.1. The molecule has 0 radical (unpaired) electrons. The Morgan fingerprint density at radius 1 is 0.838 bits per heavy atom. The summed E-state index contributed by atoms with van der Waals surface area (Å²) in [5.41, 5.74) is 4.46. The predicted octanol–water partition coefficient (Wildman–Crippen LogP) is 6.50. The van der Waals surface area contributed by atoms with E-state index in [9.17, 15) is 0 Å². The molecule has 0 aliphatic carbocycles. The molecule has 37 heavy (non-hydrogen) atoms. The van der Waals surface area contributed by atoms with Gasteiger partial charge in [-0.25, -0.2) is 0 Å². The molecule has 0 unspecified atom stereocenters. The van der Waals surface area contributed by atoms with Gasteiger partial charge in [0.2, 0.25) is 0 Å². The van der Waals surface area contributed by atoms with Crippen LogP contribution in [-0.2, 0) is 0 Å². The van der Waals surface area contributed by atoms with E-state index >= 15 is 0 Å². The zero-order valence-electron chi connectivity index (χ0n) is 20.5. The van der Waals surface area contributed by atoms with Crippen LogP contribution >= 0.6 is 12.2 Å².